The number of benzene rings is 2. The van der Waals surface area contributed by atoms with Gasteiger partial charge in [-0.05, 0) is 52.2 Å². The van der Waals surface area contributed by atoms with Crippen molar-refractivity contribution in [3.05, 3.63) is 63.1 Å². The number of carbonyl (C=O) groups excluding carboxylic acids is 1. The lowest BCUT2D eigenvalue weighted by Crippen LogP contribution is -2.32. The van der Waals surface area contributed by atoms with Crippen molar-refractivity contribution < 1.29 is 14.3 Å². The Hall–Kier alpha value is -1.56. The zero-order chi connectivity index (χ0) is 17.7. The third kappa shape index (κ3) is 4.29. The maximum Gasteiger partial charge on any atom is 0.327 e. The zero-order valence-corrected chi connectivity index (χ0v) is 16.0. The van der Waals surface area contributed by atoms with E-state index in [2.05, 4.69) is 21.2 Å². The van der Waals surface area contributed by atoms with Gasteiger partial charge >= 0.3 is 5.97 Å². The molecular weight excluding hydrogens is 394 g/mol. The molecule has 2 aromatic rings. The van der Waals surface area contributed by atoms with Crippen LogP contribution >= 0.6 is 27.5 Å². The van der Waals surface area contributed by atoms with Crippen LogP contribution in [0.2, 0.25) is 5.02 Å². The van der Waals surface area contributed by atoms with Crippen LogP contribution in [0.1, 0.15) is 30.1 Å². The van der Waals surface area contributed by atoms with Crippen LogP contribution in [0.15, 0.2) is 46.9 Å². The van der Waals surface area contributed by atoms with Gasteiger partial charge in [-0.15, -0.1) is 0 Å². The molecule has 24 heavy (non-hydrogen) atoms. The van der Waals surface area contributed by atoms with E-state index in [0.29, 0.717) is 10.6 Å². The van der Waals surface area contributed by atoms with Crippen molar-refractivity contribution in [1.82, 2.24) is 5.32 Å². The Morgan fingerprint density at radius 2 is 1.92 bits per heavy atom. The summed E-state index contributed by atoms with van der Waals surface area (Å²) >= 11 is 9.72. The molecule has 2 unspecified atom stereocenters. The molecule has 0 heterocycles. The van der Waals surface area contributed by atoms with Crippen molar-refractivity contribution in [1.29, 1.82) is 0 Å². The highest BCUT2D eigenvalue weighted by atomic mass is 79.9. The quantitative estimate of drug-likeness (QED) is 0.700. The molecule has 128 valence electrons. The predicted molar refractivity (Wildman–Crippen MR) is 98.5 cm³/mol. The van der Waals surface area contributed by atoms with E-state index in [1.54, 1.807) is 13.2 Å². The Balaban J connectivity index is 2.28. The van der Waals surface area contributed by atoms with Crippen LogP contribution in [0.3, 0.4) is 0 Å². The Morgan fingerprint density at radius 3 is 2.50 bits per heavy atom. The van der Waals surface area contributed by atoms with Crippen LogP contribution < -0.4 is 10.1 Å². The number of halogens is 2. The Labute approximate surface area is 155 Å². The Kier molecular flexibility index (Phi) is 6.66. The highest BCUT2D eigenvalue weighted by molar-refractivity contribution is 9.10. The van der Waals surface area contributed by atoms with E-state index < -0.39 is 6.04 Å². The smallest absolute Gasteiger partial charge is 0.327 e. The predicted octanol–water partition coefficient (Wildman–Crippen LogP) is 4.68. The molecule has 0 fully saturated rings. The average Bonchev–Trinajstić information content (AvgIpc) is 2.59. The van der Waals surface area contributed by atoms with Gasteiger partial charge in [0.15, 0.2) is 0 Å². The summed E-state index contributed by atoms with van der Waals surface area (Å²) in [5.74, 6) is 0.365. The van der Waals surface area contributed by atoms with E-state index >= 15 is 0 Å². The number of ether oxygens (including phenoxy) is 2. The molecule has 6 heteroatoms. The molecule has 0 aliphatic heterocycles. The lowest BCUT2D eigenvalue weighted by molar-refractivity contribution is -0.143. The molecular formula is C18H19BrClNO3. The fraction of sp³-hybridized carbons (Fsp3) is 0.278. The summed E-state index contributed by atoms with van der Waals surface area (Å²) < 4.78 is 11.0. The number of esters is 1. The fourth-order valence-corrected chi connectivity index (χ4v) is 3.21. The largest absolute Gasteiger partial charge is 0.496 e. The molecule has 4 nitrogen and oxygen atoms in total. The first-order valence-electron chi connectivity index (χ1n) is 7.39. The Morgan fingerprint density at radius 1 is 1.21 bits per heavy atom. The van der Waals surface area contributed by atoms with E-state index in [9.17, 15) is 4.79 Å². The van der Waals surface area contributed by atoms with Gasteiger partial charge in [0.1, 0.15) is 11.8 Å². The van der Waals surface area contributed by atoms with E-state index in [4.69, 9.17) is 21.1 Å². The summed E-state index contributed by atoms with van der Waals surface area (Å²) in [6, 6.07) is 12.3. The summed E-state index contributed by atoms with van der Waals surface area (Å²) in [4.78, 5) is 12.2. The van der Waals surface area contributed by atoms with Gasteiger partial charge in [-0.3, -0.25) is 5.32 Å². The normalized spacial score (nSPS) is 13.2. The SMILES string of the molecule is COC(=O)C(NC(C)c1ccc(OC)c(Br)c1)c1ccccc1Cl. The molecule has 2 atom stereocenters. The van der Waals surface area contributed by atoms with Crippen molar-refractivity contribution in [2.24, 2.45) is 0 Å². The highest BCUT2D eigenvalue weighted by Gasteiger charge is 2.25. The molecule has 0 aliphatic rings. The summed E-state index contributed by atoms with van der Waals surface area (Å²) in [6.45, 7) is 1.97. The van der Waals surface area contributed by atoms with E-state index in [-0.39, 0.29) is 12.0 Å². The van der Waals surface area contributed by atoms with Crippen molar-refractivity contribution in [2.75, 3.05) is 14.2 Å². The minimum Gasteiger partial charge on any atom is -0.496 e. The maximum atomic E-state index is 12.2. The molecule has 0 aliphatic carbocycles. The molecule has 1 N–H and O–H groups in total. The maximum absolute atomic E-state index is 12.2. The molecule has 0 aromatic heterocycles. The number of methoxy groups -OCH3 is 2. The Bertz CT molecular complexity index is 723. The summed E-state index contributed by atoms with van der Waals surface area (Å²) in [5.41, 5.74) is 1.69. The van der Waals surface area contributed by atoms with Crippen LogP contribution in [-0.2, 0) is 9.53 Å². The van der Waals surface area contributed by atoms with Gasteiger partial charge < -0.3 is 9.47 Å². The summed E-state index contributed by atoms with van der Waals surface area (Å²) in [5, 5.41) is 3.80. The molecule has 0 saturated heterocycles. The van der Waals surface area contributed by atoms with Crippen LogP contribution in [0.4, 0.5) is 0 Å². The second-order valence-electron chi connectivity index (χ2n) is 5.26. The van der Waals surface area contributed by atoms with Crippen LogP contribution in [0.25, 0.3) is 0 Å². The third-order valence-corrected chi connectivity index (χ3v) is 4.71. The summed E-state index contributed by atoms with van der Waals surface area (Å²) in [7, 11) is 2.98. The number of nitrogens with one attached hydrogen (secondary N) is 1. The average molecular weight is 413 g/mol. The van der Waals surface area contributed by atoms with Crippen LogP contribution in [0.5, 0.6) is 5.75 Å². The molecule has 2 rings (SSSR count). The molecule has 0 spiro atoms. The van der Waals surface area contributed by atoms with Gasteiger partial charge in [0.05, 0.1) is 18.7 Å². The second kappa shape index (κ2) is 8.51. The standard InChI is InChI=1S/C18H19BrClNO3/c1-11(12-8-9-16(23-2)14(19)10-12)21-17(18(22)24-3)13-6-4-5-7-15(13)20/h4-11,17,21H,1-3H3. The first kappa shape index (κ1) is 18.8. The van der Waals surface area contributed by atoms with Crippen molar-refractivity contribution in [2.45, 2.75) is 19.0 Å². The fourth-order valence-electron chi connectivity index (χ4n) is 2.41. The van der Waals surface area contributed by atoms with Crippen molar-refractivity contribution in [3.8, 4) is 5.75 Å². The molecule has 0 amide bonds. The first-order chi connectivity index (χ1) is 11.5. The first-order valence-corrected chi connectivity index (χ1v) is 8.56. The van der Waals surface area contributed by atoms with Crippen LogP contribution in [-0.4, -0.2) is 20.2 Å². The number of hydrogen-bond donors (Lipinski definition) is 1. The minimum atomic E-state index is -0.653. The summed E-state index contributed by atoms with van der Waals surface area (Å²) in [6.07, 6.45) is 0. The number of rotatable bonds is 6. The van der Waals surface area contributed by atoms with Gasteiger partial charge in [-0.1, -0.05) is 35.9 Å². The lowest BCUT2D eigenvalue weighted by atomic mass is 10.0. The van der Waals surface area contributed by atoms with Gasteiger partial charge in [-0.25, -0.2) is 4.79 Å². The molecule has 0 radical (unpaired) electrons. The topological polar surface area (TPSA) is 47.6 Å². The molecule has 0 saturated carbocycles. The molecule has 2 aromatic carbocycles. The highest BCUT2D eigenvalue weighted by Crippen LogP contribution is 2.30. The monoisotopic (exact) mass is 411 g/mol. The van der Waals surface area contributed by atoms with Crippen LogP contribution in [0, 0.1) is 0 Å². The van der Waals surface area contributed by atoms with E-state index in [0.717, 1.165) is 15.8 Å². The van der Waals surface area contributed by atoms with E-state index in [1.165, 1.54) is 7.11 Å². The van der Waals surface area contributed by atoms with Gasteiger partial charge in [0.25, 0.3) is 0 Å². The van der Waals surface area contributed by atoms with Gasteiger partial charge in [0, 0.05) is 11.1 Å². The lowest BCUT2D eigenvalue weighted by Gasteiger charge is -2.23. The van der Waals surface area contributed by atoms with Crippen molar-refractivity contribution >= 4 is 33.5 Å². The minimum absolute atomic E-state index is 0.104. The van der Waals surface area contributed by atoms with E-state index in [1.807, 2.05) is 43.3 Å². The number of carbonyl (C=O) groups is 1. The van der Waals surface area contributed by atoms with Gasteiger partial charge in [0.2, 0.25) is 0 Å². The number of hydrogen-bond acceptors (Lipinski definition) is 4. The zero-order valence-electron chi connectivity index (χ0n) is 13.7. The van der Waals surface area contributed by atoms with Crippen molar-refractivity contribution in [3.63, 3.8) is 0 Å². The third-order valence-electron chi connectivity index (χ3n) is 3.75. The van der Waals surface area contributed by atoms with Gasteiger partial charge in [-0.2, -0.15) is 0 Å². The second-order valence-corrected chi connectivity index (χ2v) is 6.52. The molecule has 0 bridgehead atoms.